The van der Waals surface area contributed by atoms with Gasteiger partial charge in [-0.15, -0.1) is 0 Å². The van der Waals surface area contributed by atoms with Crippen LogP contribution in [0.4, 0.5) is 10.1 Å². The molecule has 1 fully saturated rings. The smallest absolute Gasteiger partial charge is 0.227 e. The zero-order chi connectivity index (χ0) is 17.6. The molecule has 1 aromatic heterocycles. The minimum Gasteiger partial charge on any atom is -0.484 e. The number of nitrogens with zero attached hydrogens (tertiary/aromatic N) is 1. The number of ether oxygens (including phenoxy) is 1. The number of benzene rings is 1. The molecule has 3 N–H and O–H groups in total. The predicted octanol–water partition coefficient (Wildman–Crippen LogP) is 3.26. The average Bonchev–Trinajstić information content (AvgIpc) is 2.62. The van der Waals surface area contributed by atoms with Gasteiger partial charge >= 0.3 is 0 Å². The molecular formula is C19H22FN3O2. The molecule has 6 heteroatoms. The number of anilines is 1. The average molecular weight is 343 g/mol. The number of halogens is 1. The van der Waals surface area contributed by atoms with Crippen LogP contribution in [0.15, 0.2) is 42.6 Å². The molecule has 1 amide bonds. The van der Waals surface area contributed by atoms with Gasteiger partial charge in [0.2, 0.25) is 5.91 Å². The number of aromatic nitrogens is 1. The Bertz CT molecular complexity index is 724. The minimum atomic E-state index is -0.519. The Morgan fingerprint density at radius 2 is 2.20 bits per heavy atom. The van der Waals surface area contributed by atoms with Crippen molar-refractivity contribution in [1.29, 1.82) is 0 Å². The summed E-state index contributed by atoms with van der Waals surface area (Å²) in [6, 6.07) is 9.95. The highest BCUT2D eigenvalue weighted by atomic mass is 19.1. The molecule has 2 unspecified atom stereocenters. The molecule has 1 heterocycles. The predicted molar refractivity (Wildman–Crippen MR) is 93.5 cm³/mol. The maximum atomic E-state index is 14.2. The lowest BCUT2D eigenvalue weighted by Gasteiger charge is -2.25. The Morgan fingerprint density at radius 1 is 1.32 bits per heavy atom. The van der Waals surface area contributed by atoms with Crippen molar-refractivity contribution in [1.82, 2.24) is 4.98 Å². The molecule has 0 bridgehead atoms. The summed E-state index contributed by atoms with van der Waals surface area (Å²) >= 11 is 0. The van der Waals surface area contributed by atoms with Crippen molar-refractivity contribution < 1.29 is 13.9 Å². The number of nitrogens with one attached hydrogen (secondary N) is 1. The van der Waals surface area contributed by atoms with Crippen LogP contribution in [-0.2, 0) is 11.4 Å². The summed E-state index contributed by atoms with van der Waals surface area (Å²) in [5.74, 6) is -0.596. The number of carbonyl (C=O) groups excluding carboxylic acids is 1. The lowest BCUT2D eigenvalue weighted by Crippen LogP contribution is -2.34. The van der Waals surface area contributed by atoms with E-state index in [-0.39, 0.29) is 30.2 Å². The zero-order valence-corrected chi connectivity index (χ0v) is 14.0. The number of amides is 1. The van der Waals surface area contributed by atoms with Gasteiger partial charge in [0.1, 0.15) is 6.61 Å². The van der Waals surface area contributed by atoms with Crippen molar-refractivity contribution in [2.75, 3.05) is 5.32 Å². The molecule has 0 spiro atoms. The van der Waals surface area contributed by atoms with E-state index in [1.54, 1.807) is 24.4 Å². The van der Waals surface area contributed by atoms with Crippen LogP contribution in [0.25, 0.3) is 0 Å². The van der Waals surface area contributed by atoms with Crippen molar-refractivity contribution in [2.45, 2.75) is 38.3 Å². The van der Waals surface area contributed by atoms with Crippen molar-refractivity contribution in [2.24, 2.45) is 11.7 Å². The first kappa shape index (κ1) is 17.4. The van der Waals surface area contributed by atoms with Gasteiger partial charge in [-0.3, -0.25) is 9.78 Å². The fourth-order valence-corrected chi connectivity index (χ4v) is 3.04. The van der Waals surface area contributed by atoms with Crippen LogP contribution >= 0.6 is 0 Å². The summed E-state index contributed by atoms with van der Waals surface area (Å²) < 4.78 is 19.6. The number of nitrogens with two attached hydrogens (primary N) is 1. The molecule has 1 saturated carbocycles. The third kappa shape index (κ3) is 4.76. The monoisotopic (exact) mass is 343 g/mol. The van der Waals surface area contributed by atoms with Gasteiger partial charge in [-0.05, 0) is 43.5 Å². The first-order chi connectivity index (χ1) is 12.1. The summed E-state index contributed by atoms with van der Waals surface area (Å²) in [5, 5.41) is 2.77. The van der Waals surface area contributed by atoms with Crippen LogP contribution in [0.1, 0.15) is 31.4 Å². The van der Waals surface area contributed by atoms with Gasteiger partial charge < -0.3 is 15.8 Å². The van der Waals surface area contributed by atoms with E-state index in [4.69, 9.17) is 10.5 Å². The van der Waals surface area contributed by atoms with Gasteiger partial charge in [0.05, 0.1) is 5.69 Å². The summed E-state index contributed by atoms with van der Waals surface area (Å²) in [6.45, 7) is 0.184. The molecule has 5 nitrogen and oxygen atoms in total. The van der Waals surface area contributed by atoms with Gasteiger partial charge in [0.25, 0.3) is 0 Å². The lowest BCUT2D eigenvalue weighted by atomic mass is 9.85. The van der Waals surface area contributed by atoms with Gasteiger partial charge in [-0.1, -0.05) is 12.5 Å². The van der Waals surface area contributed by atoms with E-state index in [1.807, 2.05) is 6.07 Å². The number of pyridine rings is 1. The highest BCUT2D eigenvalue weighted by Gasteiger charge is 2.25. The summed E-state index contributed by atoms with van der Waals surface area (Å²) in [5.41, 5.74) is 7.06. The first-order valence-electron chi connectivity index (χ1n) is 8.50. The van der Waals surface area contributed by atoms with Crippen molar-refractivity contribution in [3.63, 3.8) is 0 Å². The molecule has 1 aromatic carbocycles. The van der Waals surface area contributed by atoms with Gasteiger partial charge in [-0.25, -0.2) is 4.39 Å². The van der Waals surface area contributed by atoms with Crippen molar-refractivity contribution in [3.05, 3.63) is 54.1 Å². The molecular weight excluding hydrogens is 321 g/mol. The summed E-state index contributed by atoms with van der Waals surface area (Å²) in [6.07, 6.45) is 5.08. The largest absolute Gasteiger partial charge is 0.484 e. The fraction of sp³-hybridized carbons (Fsp3) is 0.368. The first-order valence-corrected chi connectivity index (χ1v) is 8.50. The highest BCUT2D eigenvalue weighted by molar-refractivity contribution is 5.92. The third-order valence-electron chi connectivity index (χ3n) is 4.39. The summed E-state index contributed by atoms with van der Waals surface area (Å²) in [4.78, 5) is 16.4. The van der Waals surface area contributed by atoms with Crippen LogP contribution in [0.2, 0.25) is 0 Å². The zero-order valence-electron chi connectivity index (χ0n) is 14.0. The maximum Gasteiger partial charge on any atom is 0.227 e. The molecule has 2 aromatic rings. The van der Waals surface area contributed by atoms with Crippen LogP contribution in [0.3, 0.4) is 0 Å². The maximum absolute atomic E-state index is 14.2. The Morgan fingerprint density at radius 3 is 2.92 bits per heavy atom. The van der Waals surface area contributed by atoms with Crippen LogP contribution in [0.5, 0.6) is 5.75 Å². The number of rotatable bonds is 5. The van der Waals surface area contributed by atoms with E-state index < -0.39 is 5.82 Å². The Labute approximate surface area is 146 Å². The molecule has 0 saturated heterocycles. The summed E-state index contributed by atoms with van der Waals surface area (Å²) in [7, 11) is 0. The van der Waals surface area contributed by atoms with Crippen molar-refractivity contribution >= 4 is 11.6 Å². The topological polar surface area (TPSA) is 77.2 Å². The van der Waals surface area contributed by atoms with Gasteiger partial charge in [-0.2, -0.15) is 0 Å². The fourth-order valence-electron chi connectivity index (χ4n) is 3.04. The molecule has 25 heavy (non-hydrogen) atoms. The lowest BCUT2D eigenvalue weighted by molar-refractivity contribution is -0.120. The van der Waals surface area contributed by atoms with Gasteiger partial charge in [0.15, 0.2) is 11.6 Å². The Balaban J connectivity index is 1.58. The molecule has 0 radical (unpaired) electrons. The Hall–Kier alpha value is -2.47. The third-order valence-corrected chi connectivity index (χ3v) is 4.39. The number of carbonyl (C=O) groups is 1. The van der Waals surface area contributed by atoms with E-state index in [0.29, 0.717) is 17.8 Å². The SMILES string of the molecule is NC1CCCC(C(=O)Nc2ccc(OCc3ccccn3)c(F)c2)C1. The highest BCUT2D eigenvalue weighted by Crippen LogP contribution is 2.26. The second-order valence-corrected chi connectivity index (χ2v) is 6.37. The second kappa shape index (κ2) is 8.07. The van der Waals surface area contributed by atoms with Crippen LogP contribution in [0, 0.1) is 11.7 Å². The minimum absolute atomic E-state index is 0.0728. The normalized spacial score (nSPS) is 20.1. The standard InChI is InChI=1S/C19H22FN3O2/c20-17-11-15(23-19(24)13-4-3-5-14(21)10-13)7-8-18(17)25-12-16-6-1-2-9-22-16/h1-2,6-9,11,13-14H,3-5,10,12,21H2,(H,23,24). The quantitative estimate of drug-likeness (QED) is 0.873. The molecule has 0 aliphatic heterocycles. The molecule has 1 aliphatic rings. The number of hydrogen-bond acceptors (Lipinski definition) is 4. The van der Waals surface area contributed by atoms with Crippen molar-refractivity contribution in [3.8, 4) is 5.75 Å². The van der Waals surface area contributed by atoms with E-state index in [9.17, 15) is 9.18 Å². The van der Waals surface area contributed by atoms with Crippen LogP contribution in [-0.4, -0.2) is 16.9 Å². The van der Waals surface area contributed by atoms with Crippen LogP contribution < -0.4 is 15.8 Å². The molecule has 2 atom stereocenters. The second-order valence-electron chi connectivity index (χ2n) is 6.37. The van der Waals surface area contributed by atoms with E-state index >= 15 is 0 Å². The van der Waals surface area contributed by atoms with Gasteiger partial charge in [0, 0.05) is 29.9 Å². The molecule has 3 rings (SSSR count). The van der Waals surface area contributed by atoms with E-state index in [1.165, 1.54) is 12.1 Å². The number of hydrogen-bond donors (Lipinski definition) is 2. The molecule has 1 aliphatic carbocycles. The molecule has 132 valence electrons. The Kier molecular flexibility index (Phi) is 5.60. The van der Waals surface area contributed by atoms with E-state index in [0.717, 1.165) is 19.3 Å². The van der Waals surface area contributed by atoms with E-state index in [2.05, 4.69) is 10.3 Å².